The highest BCUT2D eigenvalue weighted by atomic mass is 32.1. The number of fused-ring (bicyclic) bond motifs is 2. The zero-order valence-electron chi connectivity index (χ0n) is 19.9. The van der Waals surface area contributed by atoms with E-state index >= 15 is 0 Å². The molecule has 0 atom stereocenters. The molecule has 1 saturated carbocycles. The van der Waals surface area contributed by atoms with Gasteiger partial charge in [-0.05, 0) is 48.6 Å². The van der Waals surface area contributed by atoms with Gasteiger partial charge < -0.3 is 10.3 Å². The third-order valence-electron chi connectivity index (χ3n) is 7.02. The van der Waals surface area contributed by atoms with E-state index in [1.807, 2.05) is 36.7 Å². The number of hydrogen-bond acceptors (Lipinski definition) is 6. The third kappa shape index (κ3) is 3.97. The first-order valence-electron chi connectivity index (χ1n) is 12.4. The zero-order valence-corrected chi connectivity index (χ0v) is 20.7. The molecule has 6 heterocycles. The Labute approximate surface area is 216 Å². The van der Waals surface area contributed by atoms with Crippen molar-refractivity contribution < 1.29 is 4.79 Å². The lowest BCUT2D eigenvalue weighted by molar-refractivity contribution is -0.119. The Morgan fingerprint density at radius 2 is 1.89 bits per heavy atom. The first-order valence-corrected chi connectivity index (χ1v) is 13.2. The van der Waals surface area contributed by atoms with Crippen molar-refractivity contribution in [3.8, 4) is 33.1 Å². The molecule has 0 bridgehead atoms. The predicted octanol–water partition coefficient (Wildman–Crippen LogP) is 6.42. The number of anilines is 1. The third-order valence-corrected chi connectivity index (χ3v) is 7.93. The van der Waals surface area contributed by atoms with E-state index < -0.39 is 0 Å². The van der Waals surface area contributed by atoms with Crippen LogP contribution in [0.3, 0.4) is 0 Å². The zero-order chi connectivity index (χ0) is 24.8. The summed E-state index contributed by atoms with van der Waals surface area (Å²) >= 11 is 1.69. The van der Waals surface area contributed by atoms with Gasteiger partial charge >= 0.3 is 0 Å². The molecule has 0 radical (unpaired) electrons. The van der Waals surface area contributed by atoms with Gasteiger partial charge in [0.05, 0.1) is 40.5 Å². The number of carbonyl (C=O) groups is 1. The second-order valence-electron chi connectivity index (χ2n) is 9.41. The van der Waals surface area contributed by atoms with Crippen molar-refractivity contribution in [2.45, 2.75) is 25.7 Å². The monoisotopic (exact) mass is 505 g/mol. The van der Waals surface area contributed by atoms with Crippen LogP contribution in [-0.4, -0.2) is 36.0 Å². The predicted molar refractivity (Wildman–Crippen MR) is 146 cm³/mol. The van der Waals surface area contributed by atoms with Gasteiger partial charge in [-0.15, -0.1) is 11.3 Å². The van der Waals surface area contributed by atoms with E-state index in [0.29, 0.717) is 5.69 Å². The van der Waals surface area contributed by atoms with Crippen LogP contribution in [0.4, 0.5) is 5.69 Å². The maximum Gasteiger partial charge on any atom is 0.227 e. The molecule has 6 aromatic rings. The summed E-state index contributed by atoms with van der Waals surface area (Å²) in [6.07, 6.45) is 11.3. The highest BCUT2D eigenvalue weighted by Crippen LogP contribution is 2.35. The van der Waals surface area contributed by atoms with Crippen LogP contribution >= 0.6 is 11.3 Å². The number of carbonyl (C=O) groups excluding carboxylic acids is 1. The Morgan fingerprint density at radius 3 is 2.76 bits per heavy atom. The van der Waals surface area contributed by atoms with E-state index in [1.54, 1.807) is 23.7 Å². The number of aromatic amines is 2. The fraction of sp³-hybridized carbons (Fsp3) is 0.179. The molecule has 0 unspecified atom stereocenters. The van der Waals surface area contributed by atoms with E-state index in [4.69, 9.17) is 4.98 Å². The molecule has 1 aliphatic carbocycles. The van der Waals surface area contributed by atoms with Crippen molar-refractivity contribution in [2.24, 2.45) is 5.92 Å². The minimum absolute atomic E-state index is 0.0761. The van der Waals surface area contributed by atoms with Crippen LogP contribution in [0.5, 0.6) is 0 Å². The fourth-order valence-corrected chi connectivity index (χ4v) is 5.89. The quantitative estimate of drug-likeness (QED) is 0.250. The van der Waals surface area contributed by atoms with Gasteiger partial charge in [0.2, 0.25) is 5.91 Å². The summed E-state index contributed by atoms with van der Waals surface area (Å²) in [6, 6.07) is 12.1. The molecule has 1 fully saturated rings. The number of nitrogens with one attached hydrogen (secondary N) is 3. The molecule has 3 N–H and O–H groups in total. The van der Waals surface area contributed by atoms with E-state index in [9.17, 15) is 4.79 Å². The standard InChI is InChI=1S/C28H23N7OS/c36-28(16-4-1-2-5-16)31-18-10-17(12-29-13-18)21-7-8-22-26(33-21)27(35-34-22)23-11-19-20(25-6-3-9-37-25)14-30-15-24(19)32-23/h3,6-16,32H,1-2,4-5H2,(H,31,36)(H,34,35). The smallest absolute Gasteiger partial charge is 0.227 e. The Hall–Kier alpha value is -4.37. The summed E-state index contributed by atoms with van der Waals surface area (Å²) in [5.41, 5.74) is 7.52. The summed E-state index contributed by atoms with van der Waals surface area (Å²) < 4.78 is 0. The summed E-state index contributed by atoms with van der Waals surface area (Å²) in [5, 5.41) is 13.9. The first-order chi connectivity index (χ1) is 18.2. The molecule has 0 aromatic carbocycles. The highest BCUT2D eigenvalue weighted by Gasteiger charge is 2.23. The number of amides is 1. The molecule has 7 rings (SSSR count). The van der Waals surface area contributed by atoms with Crippen LogP contribution in [0, 0.1) is 5.92 Å². The number of thiophene rings is 1. The lowest BCUT2D eigenvalue weighted by Crippen LogP contribution is -2.20. The normalized spacial score (nSPS) is 14.1. The molecule has 37 heavy (non-hydrogen) atoms. The van der Waals surface area contributed by atoms with Gasteiger partial charge in [0, 0.05) is 39.7 Å². The Balaban J connectivity index is 1.25. The minimum atomic E-state index is 0.0761. The summed E-state index contributed by atoms with van der Waals surface area (Å²) in [6.45, 7) is 0. The molecule has 1 aliphatic rings. The van der Waals surface area contributed by atoms with Crippen LogP contribution in [0.2, 0.25) is 0 Å². The van der Waals surface area contributed by atoms with Crippen LogP contribution in [-0.2, 0) is 4.79 Å². The maximum atomic E-state index is 12.6. The van der Waals surface area contributed by atoms with Gasteiger partial charge in [-0.1, -0.05) is 18.9 Å². The number of nitrogens with zero attached hydrogens (tertiary/aromatic N) is 4. The van der Waals surface area contributed by atoms with Gasteiger partial charge in [0.1, 0.15) is 11.2 Å². The Morgan fingerprint density at radius 1 is 1.00 bits per heavy atom. The SMILES string of the molecule is O=C(Nc1cncc(-c2ccc3[nH]nc(-c4cc5c(-c6cccs6)cncc5[nH]4)c3n2)c1)C1CCCC1. The van der Waals surface area contributed by atoms with Gasteiger partial charge in [0.15, 0.2) is 0 Å². The number of rotatable bonds is 5. The van der Waals surface area contributed by atoms with Gasteiger partial charge in [0.25, 0.3) is 0 Å². The lowest BCUT2D eigenvalue weighted by atomic mass is 10.1. The maximum absolute atomic E-state index is 12.6. The Kier molecular flexibility index (Phi) is 5.28. The molecule has 9 heteroatoms. The average molecular weight is 506 g/mol. The summed E-state index contributed by atoms with van der Waals surface area (Å²) in [5.74, 6) is 0.172. The minimum Gasteiger partial charge on any atom is -0.352 e. The van der Waals surface area contributed by atoms with Gasteiger partial charge in [-0.2, -0.15) is 5.10 Å². The lowest BCUT2D eigenvalue weighted by Gasteiger charge is -2.11. The van der Waals surface area contributed by atoms with Crippen molar-refractivity contribution >= 4 is 44.9 Å². The van der Waals surface area contributed by atoms with Crippen LogP contribution in [0.1, 0.15) is 25.7 Å². The highest BCUT2D eigenvalue weighted by molar-refractivity contribution is 7.13. The molecule has 6 aromatic heterocycles. The molecule has 0 saturated heterocycles. The first kappa shape index (κ1) is 21.9. The topological polar surface area (TPSA) is 112 Å². The van der Waals surface area contributed by atoms with Crippen molar-refractivity contribution in [1.29, 1.82) is 0 Å². The molecule has 8 nitrogen and oxygen atoms in total. The van der Waals surface area contributed by atoms with Crippen molar-refractivity contribution in [2.75, 3.05) is 5.32 Å². The summed E-state index contributed by atoms with van der Waals surface area (Å²) in [4.78, 5) is 31.0. The molecular formula is C28H23N7OS. The molecular weight excluding hydrogens is 482 g/mol. The summed E-state index contributed by atoms with van der Waals surface area (Å²) in [7, 11) is 0. The van der Waals surface area contributed by atoms with Crippen LogP contribution in [0.25, 0.3) is 55.0 Å². The van der Waals surface area contributed by atoms with E-state index in [0.717, 1.165) is 75.8 Å². The van der Waals surface area contributed by atoms with Crippen LogP contribution in [0.15, 0.2) is 66.6 Å². The van der Waals surface area contributed by atoms with Crippen LogP contribution < -0.4 is 5.32 Å². The molecule has 0 aliphatic heterocycles. The molecule has 1 amide bonds. The molecule has 182 valence electrons. The number of pyridine rings is 3. The van der Waals surface area contributed by atoms with Gasteiger partial charge in [-0.25, -0.2) is 4.98 Å². The van der Waals surface area contributed by atoms with E-state index in [2.05, 4.69) is 48.0 Å². The fourth-order valence-electron chi connectivity index (χ4n) is 5.14. The van der Waals surface area contributed by atoms with Crippen molar-refractivity contribution in [3.05, 3.63) is 66.6 Å². The second kappa shape index (κ2) is 8.94. The average Bonchev–Trinajstić information content (AvgIpc) is 3.74. The van der Waals surface area contributed by atoms with Crippen molar-refractivity contribution in [1.82, 2.24) is 30.1 Å². The number of hydrogen-bond donors (Lipinski definition) is 3. The van der Waals surface area contributed by atoms with E-state index in [1.165, 1.54) is 4.88 Å². The Bertz CT molecular complexity index is 1750. The number of H-pyrrole nitrogens is 2. The second-order valence-corrected chi connectivity index (χ2v) is 10.4. The number of aromatic nitrogens is 6. The van der Waals surface area contributed by atoms with E-state index in [-0.39, 0.29) is 11.8 Å². The molecule has 0 spiro atoms. The van der Waals surface area contributed by atoms with Crippen molar-refractivity contribution in [3.63, 3.8) is 0 Å². The largest absolute Gasteiger partial charge is 0.352 e. The van der Waals surface area contributed by atoms with Gasteiger partial charge in [-0.3, -0.25) is 19.9 Å².